The van der Waals surface area contributed by atoms with Crippen molar-refractivity contribution in [1.82, 2.24) is 25.2 Å². The Kier molecular flexibility index (Phi) is 9.37. The largest absolute Gasteiger partial charge is 0.481 e. The van der Waals surface area contributed by atoms with Crippen LogP contribution in [-0.4, -0.2) is 61.2 Å². The number of benzene rings is 2. The van der Waals surface area contributed by atoms with Gasteiger partial charge in [0.25, 0.3) is 5.56 Å². The van der Waals surface area contributed by atoms with Crippen molar-refractivity contribution in [3.05, 3.63) is 82.2 Å². The molecule has 0 saturated carbocycles. The van der Waals surface area contributed by atoms with Crippen LogP contribution in [0.4, 0.5) is 5.82 Å². The van der Waals surface area contributed by atoms with Gasteiger partial charge < -0.3 is 20.5 Å². The predicted molar refractivity (Wildman–Crippen MR) is 148 cm³/mol. The molecule has 0 aliphatic carbocycles. The molecular weight excluding hydrogens is 548 g/mol. The third-order valence-electron chi connectivity index (χ3n) is 6.50. The molecule has 2 aromatic heterocycles. The van der Waals surface area contributed by atoms with Crippen LogP contribution in [0.5, 0.6) is 0 Å². The van der Waals surface area contributed by atoms with Crippen molar-refractivity contribution in [2.75, 3.05) is 11.9 Å². The Hall–Kier alpha value is -5.40. The summed E-state index contributed by atoms with van der Waals surface area (Å²) in [6.07, 6.45) is 2.01. The maximum absolute atomic E-state index is 13.2. The van der Waals surface area contributed by atoms with Gasteiger partial charge in [-0.3, -0.25) is 23.7 Å². The number of carbonyl (C=O) groups is 4. The second kappa shape index (κ2) is 13.3. The van der Waals surface area contributed by atoms with Gasteiger partial charge in [-0.05, 0) is 30.2 Å². The molecule has 0 bridgehead atoms. The van der Waals surface area contributed by atoms with Crippen molar-refractivity contribution in [3.8, 4) is 0 Å². The van der Waals surface area contributed by atoms with E-state index < -0.39 is 54.3 Å². The first-order valence-corrected chi connectivity index (χ1v) is 13.0. The number of esters is 1. The first-order chi connectivity index (χ1) is 20.2. The Balaban J connectivity index is 1.45. The highest BCUT2D eigenvalue weighted by Crippen LogP contribution is 2.19. The minimum Gasteiger partial charge on any atom is -0.481 e. The third-order valence-corrected chi connectivity index (χ3v) is 6.50. The van der Waals surface area contributed by atoms with Gasteiger partial charge in [-0.25, -0.2) is 14.4 Å². The van der Waals surface area contributed by atoms with E-state index in [4.69, 9.17) is 4.74 Å². The summed E-state index contributed by atoms with van der Waals surface area (Å²) in [5.41, 5.74) is 0.607. The van der Waals surface area contributed by atoms with Gasteiger partial charge in [0.15, 0.2) is 18.2 Å². The average molecular weight is 577 g/mol. The molecule has 4 rings (SSSR count). The van der Waals surface area contributed by atoms with Gasteiger partial charge in [0.05, 0.1) is 18.5 Å². The molecule has 2 heterocycles. The smallest absolute Gasteiger partial charge is 0.339 e. The van der Waals surface area contributed by atoms with Crippen LogP contribution in [0.3, 0.4) is 0 Å². The molecule has 2 atom stereocenters. The zero-order chi connectivity index (χ0) is 30.2. The number of hydrogen-bond donors (Lipinski definition) is 3. The molecule has 0 unspecified atom stereocenters. The Morgan fingerprint density at radius 3 is 2.57 bits per heavy atom. The number of aromatic nitrogens is 4. The molecule has 14 heteroatoms. The summed E-state index contributed by atoms with van der Waals surface area (Å²) in [6, 6.07) is 9.57. The number of fused-ring (bicyclic) bond motifs is 1. The predicted octanol–water partition coefficient (Wildman–Crippen LogP) is 2.04. The summed E-state index contributed by atoms with van der Waals surface area (Å²) in [6.45, 7) is 2.66. The van der Waals surface area contributed by atoms with Gasteiger partial charge in [0.2, 0.25) is 5.91 Å². The zero-order valence-electron chi connectivity index (χ0n) is 22.8. The maximum atomic E-state index is 13.2. The maximum Gasteiger partial charge on any atom is 0.339 e. The van der Waals surface area contributed by atoms with Crippen molar-refractivity contribution in [2.24, 2.45) is 0 Å². The molecule has 0 aliphatic heterocycles. The van der Waals surface area contributed by atoms with Crippen molar-refractivity contribution >= 4 is 40.2 Å². The van der Waals surface area contributed by atoms with E-state index in [2.05, 4.69) is 30.6 Å². The quantitative estimate of drug-likeness (QED) is 0.196. The van der Waals surface area contributed by atoms with Gasteiger partial charge >= 0.3 is 11.9 Å². The van der Waals surface area contributed by atoms with Crippen LogP contribution >= 0.6 is 0 Å². The molecule has 0 saturated heterocycles. The Labute approximate surface area is 238 Å². The molecule has 2 aromatic carbocycles. The van der Waals surface area contributed by atoms with Gasteiger partial charge in [-0.1, -0.05) is 53.6 Å². The normalized spacial score (nSPS) is 12.3. The number of aliphatic carboxylic acids is 1. The first-order valence-electron chi connectivity index (χ1n) is 13.0. The molecule has 14 nitrogen and oxygen atoms in total. The Morgan fingerprint density at radius 1 is 1.10 bits per heavy atom. The molecule has 0 radical (unpaired) electrons. The molecule has 0 fully saturated rings. The summed E-state index contributed by atoms with van der Waals surface area (Å²) in [4.78, 5) is 67.6. The van der Waals surface area contributed by atoms with Gasteiger partial charge in [0.1, 0.15) is 23.5 Å². The number of amides is 1. The number of nitrogens with zero attached hydrogens (tertiary/aromatic N) is 4. The lowest BCUT2D eigenvalue weighted by Gasteiger charge is -2.22. The molecule has 0 aliphatic rings. The molecule has 3 N–H and O–H groups in total. The lowest BCUT2D eigenvalue weighted by atomic mass is 10.0. The highest BCUT2D eigenvalue weighted by molar-refractivity contribution is 6.05. The Morgan fingerprint density at radius 2 is 1.86 bits per heavy atom. The number of anilines is 1. The van der Waals surface area contributed by atoms with Crippen LogP contribution in [0.2, 0.25) is 0 Å². The van der Waals surface area contributed by atoms with E-state index in [-0.39, 0.29) is 24.3 Å². The molecule has 1 amide bonds. The van der Waals surface area contributed by atoms with Gasteiger partial charge in [0, 0.05) is 12.4 Å². The van der Waals surface area contributed by atoms with Crippen molar-refractivity contribution in [2.45, 2.75) is 45.3 Å². The highest BCUT2D eigenvalue weighted by Gasteiger charge is 2.29. The van der Waals surface area contributed by atoms with Crippen LogP contribution in [0.1, 0.15) is 47.6 Å². The first kappa shape index (κ1) is 29.6. The average Bonchev–Trinajstić information content (AvgIpc) is 3.39. The minimum absolute atomic E-state index is 0.0651. The number of aryl methyl sites for hydroxylation is 1. The summed E-state index contributed by atoms with van der Waals surface area (Å²) < 4.78 is 11.0. The number of carboxylic acid groups (broad SMARTS) is 1. The number of carboxylic acids is 1. The van der Waals surface area contributed by atoms with Crippen LogP contribution in [-0.2, 0) is 25.7 Å². The van der Waals surface area contributed by atoms with E-state index >= 15 is 0 Å². The van der Waals surface area contributed by atoms with Crippen LogP contribution in [0.15, 0.2) is 64.3 Å². The minimum atomic E-state index is -1.51. The molecule has 42 heavy (non-hydrogen) atoms. The summed E-state index contributed by atoms with van der Waals surface area (Å²) >= 11 is 0. The van der Waals surface area contributed by atoms with E-state index in [1.165, 1.54) is 12.4 Å². The fourth-order valence-corrected chi connectivity index (χ4v) is 4.28. The van der Waals surface area contributed by atoms with Crippen LogP contribution in [0, 0.1) is 6.92 Å². The number of nitrogens with one attached hydrogen (secondary N) is 2. The molecule has 4 aromatic rings. The van der Waals surface area contributed by atoms with Crippen LogP contribution in [0.25, 0.3) is 10.8 Å². The molecular formula is C28H28N6O8. The SMILES string of the molecule is CC[C@@H](C(=O)N[C@@H](CC(=O)O)C(=O)COC(=O)c1cccc2ccccc12)n1ccnc(NCc2nonc2C)c1=O. The van der Waals surface area contributed by atoms with Crippen molar-refractivity contribution in [3.63, 3.8) is 0 Å². The number of Topliss-reactive ketones (excluding diaryl/α,β-unsaturated/α-hetero) is 1. The van der Waals surface area contributed by atoms with E-state index in [0.29, 0.717) is 16.8 Å². The standard InChI is InChI=1S/C28H28N6O8/c1-3-22(34-12-11-29-25(27(34)39)30-14-21-16(2)32-42-33-21)26(38)31-20(13-24(36)37)23(35)15-41-28(40)19-10-6-8-17-7-4-5-9-18(17)19/h4-12,20,22H,3,13-15H2,1-2H3,(H,29,30)(H,31,38)(H,36,37)/t20-,22-/m0/s1. The lowest BCUT2D eigenvalue weighted by molar-refractivity contribution is -0.141. The highest BCUT2D eigenvalue weighted by atomic mass is 16.6. The van der Waals surface area contributed by atoms with Crippen LogP contribution < -0.4 is 16.2 Å². The second-order valence-electron chi connectivity index (χ2n) is 9.29. The van der Waals surface area contributed by atoms with E-state index in [0.717, 1.165) is 9.95 Å². The lowest BCUT2D eigenvalue weighted by Crippen LogP contribution is -2.47. The zero-order valence-corrected chi connectivity index (χ0v) is 22.8. The Bertz CT molecular complexity index is 1670. The second-order valence-corrected chi connectivity index (χ2v) is 9.29. The summed E-state index contributed by atoms with van der Waals surface area (Å²) in [7, 11) is 0. The van der Waals surface area contributed by atoms with Crippen molar-refractivity contribution in [1.29, 1.82) is 0 Å². The molecule has 0 spiro atoms. The van der Waals surface area contributed by atoms with E-state index in [1.54, 1.807) is 38.1 Å². The van der Waals surface area contributed by atoms with E-state index in [1.807, 2.05) is 18.2 Å². The van der Waals surface area contributed by atoms with Crippen molar-refractivity contribution < 1.29 is 33.7 Å². The number of carbonyl (C=O) groups excluding carboxylic acids is 3. The number of rotatable bonds is 13. The van der Waals surface area contributed by atoms with E-state index in [9.17, 15) is 29.1 Å². The monoisotopic (exact) mass is 576 g/mol. The topological polar surface area (TPSA) is 196 Å². The van der Waals surface area contributed by atoms with Gasteiger partial charge in [-0.2, -0.15) is 0 Å². The number of hydrogen-bond acceptors (Lipinski definition) is 11. The third kappa shape index (κ3) is 6.83. The fourth-order valence-electron chi connectivity index (χ4n) is 4.28. The number of ether oxygens (including phenoxy) is 1. The fraction of sp³-hybridized carbons (Fsp3) is 0.286. The summed E-state index contributed by atoms with van der Waals surface area (Å²) in [5, 5.41) is 23.4. The number of ketones is 1. The van der Waals surface area contributed by atoms with Gasteiger partial charge in [-0.15, -0.1) is 0 Å². The summed E-state index contributed by atoms with van der Waals surface area (Å²) in [5.74, 6) is -3.78. The molecule has 218 valence electrons.